The Morgan fingerprint density at radius 2 is 1.59 bits per heavy atom. The van der Waals surface area contributed by atoms with Gasteiger partial charge in [0.05, 0.1) is 30.5 Å². The minimum absolute atomic E-state index is 0.0630. The monoisotopic (exact) mass is 453 g/mol. The van der Waals surface area contributed by atoms with Crippen LogP contribution in [0.5, 0.6) is 11.5 Å². The highest BCUT2D eigenvalue weighted by Gasteiger charge is 2.18. The van der Waals surface area contributed by atoms with Gasteiger partial charge in [-0.25, -0.2) is 13.8 Å². The van der Waals surface area contributed by atoms with E-state index in [1.54, 1.807) is 50.4 Å². The van der Waals surface area contributed by atoms with Gasteiger partial charge in [0.2, 0.25) is 0 Å². The molecule has 166 valence electrons. The summed E-state index contributed by atoms with van der Waals surface area (Å²) in [5, 5.41) is 4.10. The minimum atomic E-state index is -3.94. The van der Waals surface area contributed by atoms with E-state index < -0.39 is 15.9 Å². The molecule has 0 atom stereocenters. The van der Waals surface area contributed by atoms with E-state index in [-0.39, 0.29) is 10.5 Å². The van der Waals surface area contributed by atoms with Crippen LogP contribution in [0.15, 0.2) is 82.8 Å². The first-order valence-electron chi connectivity index (χ1n) is 9.59. The molecule has 0 saturated carbocycles. The van der Waals surface area contributed by atoms with Crippen molar-refractivity contribution in [3.05, 3.63) is 83.9 Å². The van der Waals surface area contributed by atoms with Crippen molar-refractivity contribution in [1.29, 1.82) is 0 Å². The number of hydrogen-bond acceptors (Lipinski definition) is 6. The molecule has 8 nitrogen and oxygen atoms in total. The Hall–Kier alpha value is -3.85. The number of anilines is 1. The molecule has 0 aliphatic rings. The summed E-state index contributed by atoms with van der Waals surface area (Å²) in [6.07, 6.45) is 0. The molecular formula is C23H23N3O5S. The lowest BCUT2D eigenvalue weighted by molar-refractivity contribution is 0.0954. The fourth-order valence-electron chi connectivity index (χ4n) is 2.83. The number of benzene rings is 3. The third kappa shape index (κ3) is 5.44. The largest absolute Gasteiger partial charge is 0.497 e. The third-order valence-electron chi connectivity index (χ3n) is 4.59. The molecule has 0 saturated heterocycles. The fraction of sp³-hybridized carbons (Fsp3) is 0.130. The second kappa shape index (κ2) is 9.97. The maximum atomic E-state index is 12.8. The van der Waals surface area contributed by atoms with Gasteiger partial charge in [-0.1, -0.05) is 18.2 Å². The number of nitrogens with zero attached hydrogens (tertiary/aromatic N) is 1. The lowest BCUT2D eigenvalue weighted by Gasteiger charge is -2.12. The number of rotatable bonds is 8. The van der Waals surface area contributed by atoms with Gasteiger partial charge >= 0.3 is 0 Å². The zero-order valence-corrected chi connectivity index (χ0v) is 18.6. The summed E-state index contributed by atoms with van der Waals surface area (Å²) in [6, 6.07) is 19.6. The van der Waals surface area contributed by atoms with Crippen LogP contribution in [0.3, 0.4) is 0 Å². The molecule has 3 aromatic rings. The Labute approximate surface area is 186 Å². The second-order valence-corrected chi connectivity index (χ2v) is 8.38. The summed E-state index contributed by atoms with van der Waals surface area (Å²) in [4.78, 5) is 12.5. The number of hydrazone groups is 1. The molecule has 0 aliphatic carbocycles. The zero-order chi connectivity index (χ0) is 23.1. The molecule has 0 bridgehead atoms. The van der Waals surface area contributed by atoms with Gasteiger partial charge in [0.15, 0.2) is 0 Å². The SMILES string of the molecule is COc1ccc(/C(C)=N/NC(=O)c2cccc(S(=O)(=O)Nc3ccccc3OC)c2)cc1. The van der Waals surface area contributed by atoms with Gasteiger partial charge in [-0.3, -0.25) is 9.52 Å². The number of ether oxygens (including phenoxy) is 2. The molecular weight excluding hydrogens is 430 g/mol. The van der Waals surface area contributed by atoms with Crippen molar-refractivity contribution in [2.75, 3.05) is 18.9 Å². The number of carbonyl (C=O) groups excluding carboxylic acids is 1. The van der Waals surface area contributed by atoms with Gasteiger partial charge in [0.1, 0.15) is 11.5 Å². The Morgan fingerprint density at radius 3 is 2.28 bits per heavy atom. The molecule has 2 N–H and O–H groups in total. The number of methoxy groups -OCH3 is 2. The van der Waals surface area contributed by atoms with E-state index in [0.717, 1.165) is 5.56 Å². The zero-order valence-electron chi connectivity index (χ0n) is 17.8. The molecule has 32 heavy (non-hydrogen) atoms. The molecule has 3 rings (SSSR count). The van der Waals surface area contributed by atoms with E-state index >= 15 is 0 Å². The van der Waals surface area contributed by atoms with Gasteiger partial charge < -0.3 is 9.47 Å². The van der Waals surface area contributed by atoms with Crippen LogP contribution in [-0.2, 0) is 10.0 Å². The van der Waals surface area contributed by atoms with Gasteiger partial charge in [0, 0.05) is 5.56 Å². The van der Waals surface area contributed by atoms with Gasteiger partial charge in [0.25, 0.3) is 15.9 Å². The van der Waals surface area contributed by atoms with Crippen LogP contribution in [0.2, 0.25) is 0 Å². The maximum absolute atomic E-state index is 12.8. The summed E-state index contributed by atoms with van der Waals surface area (Å²) < 4.78 is 38.4. The number of amides is 1. The molecule has 0 fully saturated rings. The van der Waals surface area contributed by atoms with E-state index in [9.17, 15) is 13.2 Å². The first-order chi connectivity index (χ1) is 15.3. The van der Waals surface area contributed by atoms with Gasteiger partial charge in [-0.05, 0) is 67.1 Å². The van der Waals surface area contributed by atoms with Crippen LogP contribution in [-0.4, -0.2) is 34.3 Å². The van der Waals surface area contributed by atoms with Gasteiger partial charge in [-0.15, -0.1) is 0 Å². The summed E-state index contributed by atoms with van der Waals surface area (Å²) in [6.45, 7) is 1.75. The van der Waals surface area contributed by atoms with E-state index in [1.807, 2.05) is 12.1 Å². The van der Waals surface area contributed by atoms with E-state index in [1.165, 1.54) is 31.4 Å². The molecule has 0 heterocycles. The second-order valence-electron chi connectivity index (χ2n) is 6.70. The summed E-state index contributed by atoms with van der Waals surface area (Å²) in [5.74, 6) is 0.561. The van der Waals surface area contributed by atoms with Crippen molar-refractivity contribution in [1.82, 2.24) is 5.43 Å². The Bertz CT molecular complexity index is 1240. The summed E-state index contributed by atoms with van der Waals surface area (Å²) >= 11 is 0. The van der Waals surface area contributed by atoms with E-state index in [0.29, 0.717) is 22.9 Å². The van der Waals surface area contributed by atoms with Crippen LogP contribution in [0.25, 0.3) is 0 Å². The topological polar surface area (TPSA) is 106 Å². The molecule has 3 aromatic carbocycles. The quantitative estimate of drug-likeness (QED) is 0.400. The summed E-state index contributed by atoms with van der Waals surface area (Å²) in [7, 11) is -0.910. The fourth-order valence-corrected chi connectivity index (χ4v) is 3.95. The average Bonchev–Trinajstić information content (AvgIpc) is 2.82. The lowest BCUT2D eigenvalue weighted by atomic mass is 10.1. The first-order valence-corrected chi connectivity index (χ1v) is 11.1. The Kier molecular flexibility index (Phi) is 7.11. The highest BCUT2D eigenvalue weighted by Crippen LogP contribution is 2.26. The predicted octanol–water partition coefficient (Wildman–Crippen LogP) is 3.66. The normalized spacial score (nSPS) is 11.5. The van der Waals surface area contributed by atoms with Crippen molar-refractivity contribution in [2.45, 2.75) is 11.8 Å². The highest BCUT2D eigenvalue weighted by atomic mass is 32.2. The van der Waals surface area contributed by atoms with Crippen molar-refractivity contribution in [3.63, 3.8) is 0 Å². The molecule has 0 spiro atoms. The average molecular weight is 454 g/mol. The van der Waals surface area contributed by atoms with Crippen molar-refractivity contribution >= 4 is 27.3 Å². The van der Waals surface area contributed by atoms with Crippen LogP contribution in [0, 0.1) is 0 Å². The van der Waals surface area contributed by atoms with Crippen LogP contribution >= 0.6 is 0 Å². The molecule has 0 aliphatic heterocycles. The number of nitrogens with one attached hydrogen (secondary N) is 2. The predicted molar refractivity (Wildman–Crippen MR) is 123 cm³/mol. The van der Waals surface area contributed by atoms with Crippen molar-refractivity contribution in [2.24, 2.45) is 5.10 Å². The standard InChI is InChI=1S/C23H23N3O5S/c1-16(17-11-13-19(30-2)14-12-17)24-25-23(27)18-7-6-8-20(15-18)32(28,29)26-21-9-4-5-10-22(21)31-3/h4-15,26H,1-3H3,(H,25,27)/b24-16+. The van der Waals surface area contributed by atoms with Crippen LogP contribution in [0.4, 0.5) is 5.69 Å². The van der Waals surface area contributed by atoms with Crippen molar-refractivity contribution < 1.29 is 22.7 Å². The molecule has 9 heteroatoms. The molecule has 0 unspecified atom stereocenters. The number of carbonyl (C=O) groups is 1. The lowest BCUT2D eigenvalue weighted by Crippen LogP contribution is -2.20. The van der Waals surface area contributed by atoms with E-state index in [4.69, 9.17) is 9.47 Å². The van der Waals surface area contributed by atoms with Crippen LogP contribution in [0.1, 0.15) is 22.8 Å². The molecule has 1 amide bonds. The number of hydrogen-bond donors (Lipinski definition) is 2. The Balaban J connectivity index is 1.76. The first kappa shape index (κ1) is 22.8. The van der Waals surface area contributed by atoms with Crippen molar-refractivity contribution in [3.8, 4) is 11.5 Å². The van der Waals surface area contributed by atoms with Gasteiger partial charge in [-0.2, -0.15) is 5.10 Å². The number of sulfonamides is 1. The third-order valence-corrected chi connectivity index (χ3v) is 5.95. The smallest absolute Gasteiger partial charge is 0.271 e. The number of para-hydroxylation sites is 2. The minimum Gasteiger partial charge on any atom is -0.497 e. The molecule has 0 radical (unpaired) electrons. The summed E-state index contributed by atoms with van der Waals surface area (Å²) in [5.41, 5.74) is 4.30. The van der Waals surface area contributed by atoms with Crippen LogP contribution < -0.4 is 19.6 Å². The highest BCUT2D eigenvalue weighted by molar-refractivity contribution is 7.92. The Morgan fingerprint density at radius 1 is 0.875 bits per heavy atom. The van der Waals surface area contributed by atoms with E-state index in [2.05, 4.69) is 15.2 Å². The molecule has 0 aromatic heterocycles. The maximum Gasteiger partial charge on any atom is 0.271 e.